The fourth-order valence-electron chi connectivity index (χ4n) is 2.83. The molecule has 15 heteroatoms. The molecule has 10 nitrogen and oxygen atoms in total. The number of ketones is 1. The van der Waals surface area contributed by atoms with Crippen molar-refractivity contribution in [2.24, 2.45) is 16.5 Å². The maximum absolute atomic E-state index is 13.0. The first-order valence-electron chi connectivity index (χ1n) is 9.37. The molecule has 0 aliphatic rings. The number of nitrogens with zero attached hydrogens (tertiary/aromatic N) is 3. The van der Waals surface area contributed by atoms with Crippen LogP contribution in [-0.4, -0.2) is 46.0 Å². The van der Waals surface area contributed by atoms with E-state index in [1.165, 1.54) is 0 Å². The van der Waals surface area contributed by atoms with Gasteiger partial charge in [-0.05, 0) is 12.8 Å². The van der Waals surface area contributed by atoms with Gasteiger partial charge in [-0.25, -0.2) is 4.98 Å². The number of nitrogens with one attached hydrogen (secondary N) is 1. The molecule has 2 aromatic rings. The van der Waals surface area contributed by atoms with E-state index in [9.17, 15) is 27.6 Å². The summed E-state index contributed by atoms with van der Waals surface area (Å²) < 4.78 is 39.8. The van der Waals surface area contributed by atoms with Gasteiger partial charge in [-0.15, -0.1) is 24.8 Å². The summed E-state index contributed by atoms with van der Waals surface area (Å²) in [6.45, 7) is -0.729. The third-order valence-electron chi connectivity index (χ3n) is 4.28. The summed E-state index contributed by atoms with van der Waals surface area (Å²) in [5.74, 6) is -3.29. The highest BCUT2D eigenvalue weighted by molar-refractivity contribution is 5.92. The highest BCUT2D eigenvalue weighted by atomic mass is 35.5. The van der Waals surface area contributed by atoms with E-state index in [-0.39, 0.29) is 61.7 Å². The van der Waals surface area contributed by atoms with Crippen LogP contribution in [0.5, 0.6) is 0 Å². The molecule has 1 aromatic heterocycles. The lowest BCUT2D eigenvalue weighted by Gasteiger charge is -2.20. The highest BCUT2D eigenvalue weighted by Crippen LogP contribution is 2.20. The molecule has 0 aliphatic carbocycles. The average molecular weight is 526 g/mol. The number of carbonyl (C=O) groups is 2. The van der Waals surface area contributed by atoms with Crippen molar-refractivity contribution in [3.8, 4) is 11.4 Å². The van der Waals surface area contributed by atoms with Crippen molar-refractivity contribution >= 4 is 48.2 Å². The second kappa shape index (κ2) is 13.4. The number of anilines is 1. The number of guanidine groups is 1. The average Bonchev–Trinajstić information content (AvgIpc) is 2.73. The summed E-state index contributed by atoms with van der Waals surface area (Å²) in [6.07, 6.45) is -4.41. The zero-order valence-corrected chi connectivity index (χ0v) is 19.3. The van der Waals surface area contributed by atoms with E-state index in [4.69, 9.17) is 17.2 Å². The third kappa shape index (κ3) is 8.56. The highest BCUT2D eigenvalue weighted by Gasteiger charge is 2.43. The van der Waals surface area contributed by atoms with Crippen LogP contribution >= 0.6 is 24.8 Å². The number of amides is 1. The monoisotopic (exact) mass is 525 g/mol. The Hall–Kier alpha value is -3.32. The van der Waals surface area contributed by atoms with Gasteiger partial charge >= 0.3 is 6.18 Å². The zero-order valence-electron chi connectivity index (χ0n) is 17.6. The number of aromatic nitrogens is 2. The van der Waals surface area contributed by atoms with Crippen molar-refractivity contribution in [2.45, 2.75) is 31.6 Å². The Morgan fingerprint density at radius 3 is 2.32 bits per heavy atom. The topological polar surface area (TPSA) is 171 Å². The zero-order chi connectivity index (χ0) is 23.9. The number of benzene rings is 1. The van der Waals surface area contributed by atoms with Crippen LogP contribution in [0.3, 0.4) is 0 Å². The van der Waals surface area contributed by atoms with E-state index in [1.54, 1.807) is 30.3 Å². The van der Waals surface area contributed by atoms with Crippen molar-refractivity contribution in [3.63, 3.8) is 0 Å². The number of hydrogen-bond acceptors (Lipinski definition) is 6. The van der Waals surface area contributed by atoms with Crippen LogP contribution in [0.2, 0.25) is 0 Å². The minimum atomic E-state index is -5.17. The number of Topliss-reactive ketones (excluding diaryl/α,β-unsaturated/α-hetero) is 1. The first-order chi connectivity index (χ1) is 15.0. The second-order valence-electron chi connectivity index (χ2n) is 6.73. The van der Waals surface area contributed by atoms with Crippen LogP contribution in [0.15, 0.2) is 46.3 Å². The summed E-state index contributed by atoms with van der Waals surface area (Å²) in [7, 11) is 0. The lowest BCUT2D eigenvalue weighted by Crippen LogP contribution is -2.48. The maximum Gasteiger partial charge on any atom is 0.452 e. The quantitative estimate of drug-likeness (QED) is 0.215. The summed E-state index contributed by atoms with van der Waals surface area (Å²) >= 11 is 0. The Balaban J connectivity index is 0.00000544. The van der Waals surface area contributed by atoms with Gasteiger partial charge in [0.15, 0.2) is 5.96 Å². The molecule has 1 aromatic carbocycles. The van der Waals surface area contributed by atoms with E-state index in [1.807, 2.05) is 5.32 Å². The molecule has 0 bridgehead atoms. The molecular weight excluding hydrogens is 502 g/mol. The molecule has 0 spiro atoms. The Kier molecular flexibility index (Phi) is 12.1. The summed E-state index contributed by atoms with van der Waals surface area (Å²) in [6, 6.07) is 6.47. The minimum Gasteiger partial charge on any atom is -0.393 e. The molecule has 188 valence electrons. The smallest absolute Gasteiger partial charge is 0.393 e. The van der Waals surface area contributed by atoms with Gasteiger partial charge in [0.2, 0.25) is 5.91 Å². The first kappa shape index (κ1) is 30.7. The number of alkyl halides is 3. The molecule has 2 rings (SSSR count). The summed E-state index contributed by atoms with van der Waals surface area (Å²) in [5, 5.41) is 2.04. The predicted molar refractivity (Wildman–Crippen MR) is 126 cm³/mol. The van der Waals surface area contributed by atoms with Gasteiger partial charge < -0.3 is 22.5 Å². The fraction of sp³-hybridized carbons (Fsp3) is 0.316. The predicted octanol–water partition coefficient (Wildman–Crippen LogP) is 1.01. The number of hydrogen-bond donors (Lipinski definition) is 4. The molecular formula is C19H24Cl2F3N7O3. The number of carbonyl (C=O) groups excluding carboxylic acids is 2. The Morgan fingerprint density at radius 2 is 1.76 bits per heavy atom. The van der Waals surface area contributed by atoms with Crippen LogP contribution < -0.4 is 28.1 Å². The molecule has 1 amide bonds. The molecule has 0 aliphatic heterocycles. The Labute approximate surface area is 204 Å². The van der Waals surface area contributed by atoms with Crippen LogP contribution in [0.1, 0.15) is 12.8 Å². The van der Waals surface area contributed by atoms with E-state index in [2.05, 4.69) is 9.98 Å². The molecule has 0 fully saturated rings. The van der Waals surface area contributed by atoms with Crippen molar-refractivity contribution in [2.75, 3.05) is 12.3 Å². The normalized spacial score (nSPS) is 11.4. The van der Waals surface area contributed by atoms with E-state index in [0.29, 0.717) is 5.56 Å². The largest absolute Gasteiger partial charge is 0.452 e. The molecule has 0 saturated carbocycles. The van der Waals surface area contributed by atoms with Crippen molar-refractivity contribution < 1.29 is 22.8 Å². The number of nitrogen functional groups attached to an aromatic ring is 1. The Morgan fingerprint density at radius 1 is 1.15 bits per heavy atom. The van der Waals surface area contributed by atoms with E-state index >= 15 is 0 Å². The summed E-state index contributed by atoms with van der Waals surface area (Å²) in [4.78, 5) is 44.5. The van der Waals surface area contributed by atoms with Gasteiger partial charge in [0, 0.05) is 12.1 Å². The second-order valence-corrected chi connectivity index (χ2v) is 6.73. The first-order valence-corrected chi connectivity index (χ1v) is 9.37. The SMILES string of the molecule is Cl.Cl.NC(N)=NCCCC(NC(=O)Cn1c(-c2ccccc2)ncc(N)c1=O)C(=O)C(F)(F)F. The van der Waals surface area contributed by atoms with E-state index < -0.39 is 36.0 Å². The van der Waals surface area contributed by atoms with Gasteiger partial charge in [0.05, 0.1) is 12.2 Å². The lowest BCUT2D eigenvalue weighted by molar-refractivity contribution is -0.174. The number of halogens is 5. The van der Waals surface area contributed by atoms with Gasteiger partial charge in [-0.3, -0.25) is 23.9 Å². The minimum absolute atomic E-state index is 0. The maximum atomic E-state index is 13.0. The third-order valence-corrected chi connectivity index (χ3v) is 4.28. The van der Waals surface area contributed by atoms with Crippen LogP contribution in [0.25, 0.3) is 11.4 Å². The Bertz CT molecular complexity index is 1060. The van der Waals surface area contributed by atoms with Crippen LogP contribution in [-0.2, 0) is 16.1 Å². The lowest BCUT2D eigenvalue weighted by atomic mass is 10.1. The van der Waals surface area contributed by atoms with Crippen molar-refractivity contribution in [1.29, 1.82) is 0 Å². The molecule has 1 unspecified atom stereocenters. The van der Waals surface area contributed by atoms with Gasteiger partial charge in [0.1, 0.15) is 18.1 Å². The van der Waals surface area contributed by atoms with Crippen molar-refractivity contribution in [1.82, 2.24) is 14.9 Å². The van der Waals surface area contributed by atoms with Crippen LogP contribution in [0, 0.1) is 0 Å². The van der Waals surface area contributed by atoms with Crippen molar-refractivity contribution in [3.05, 3.63) is 46.9 Å². The molecule has 1 heterocycles. The van der Waals surface area contributed by atoms with Gasteiger partial charge in [-0.2, -0.15) is 13.2 Å². The van der Waals surface area contributed by atoms with Crippen LogP contribution in [0.4, 0.5) is 18.9 Å². The molecule has 0 radical (unpaired) electrons. The molecule has 34 heavy (non-hydrogen) atoms. The van der Waals surface area contributed by atoms with Gasteiger partial charge in [-0.1, -0.05) is 30.3 Å². The standard InChI is InChI=1S/C19H22F3N7O3.2ClH/c20-19(21,22)15(31)13(7-4-8-26-18(24)25)28-14(30)10-29-16(11-5-2-1-3-6-11)27-9-12(23)17(29)32;;/h1-3,5-6,9,13H,4,7-8,10,23H2,(H,28,30)(H4,24,25,26);2*1H. The number of nitrogens with two attached hydrogens (primary N) is 3. The number of aliphatic imine (C=N–C) groups is 1. The fourth-order valence-corrected chi connectivity index (χ4v) is 2.83. The molecule has 7 N–H and O–H groups in total. The molecule has 0 saturated heterocycles. The molecule has 1 atom stereocenters. The number of rotatable bonds is 9. The van der Waals surface area contributed by atoms with E-state index in [0.717, 1.165) is 10.8 Å². The van der Waals surface area contributed by atoms with Gasteiger partial charge in [0.25, 0.3) is 11.3 Å². The summed E-state index contributed by atoms with van der Waals surface area (Å²) in [5.41, 5.74) is 15.4.